The highest BCUT2D eigenvalue weighted by molar-refractivity contribution is 5.91. The number of alkyl halides is 3. The molecule has 192 valence electrons. The molecule has 0 aliphatic carbocycles. The fraction of sp³-hybridized carbons (Fsp3) is 0.185. The fourth-order valence-electron chi connectivity index (χ4n) is 3.69. The van der Waals surface area contributed by atoms with E-state index in [1.54, 1.807) is 29.2 Å². The Hall–Kier alpha value is -4.05. The van der Waals surface area contributed by atoms with Crippen LogP contribution in [0.1, 0.15) is 38.6 Å². The minimum atomic E-state index is -4.49. The van der Waals surface area contributed by atoms with Gasteiger partial charge >= 0.3 is 6.18 Å². The van der Waals surface area contributed by atoms with Gasteiger partial charge in [0.05, 0.1) is 12.1 Å². The van der Waals surface area contributed by atoms with Crippen molar-refractivity contribution in [1.29, 1.82) is 0 Å². The van der Waals surface area contributed by atoms with Crippen molar-refractivity contribution in [3.63, 3.8) is 0 Å². The summed E-state index contributed by atoms with van der Waals surface area (Å²) in [4.78, 5) is 18.3. The molecule has 4 rings (SSSR count). The lowest BCUT2D eigenvalue weighted by Crippen LogP contribution is -2.24. The van der Waals surface area contributed by atoms with Gasteiger partial charge in [-0.15, -0.1) is 0 Å². The summed E-state index contributed by atoms with van der Waals surface area (Å²) >= 11 is 0. The van der Waals surface area contributed by atoms with Crippen molar-refractivity contribution in [2.24, 2.45) is 0 Å². The molecular weight excluding hydrogens is 493 g/mol. The molecule has 0 saturated heterocycles. The molecule has 0 fully saturated rings. The Labute approximate surface area is 209 Å². The molecule has 0 radical (unpaired) electrons. The zero-order chi connectivity index (χ0) is 26.4. The van der Waals surface area contributed by atoms with E-state index in [1.807, 2.05) is 0 Å². The number of amides is 1. The van der Waals surface area contributed by atoms with Gasteiger partial charge in [-0.1, -0.05) is 48.5 Å². The molecule has 1 heterocycles. The minimum Gasteiger partial charge on any atom is -0.447 e. The van der Waals surface area contributed by atoms with Crippen molar-refractivity contribution in [3.8, 4) is 0 Å². The van der Waals surface area contributed by atoms with E-state index in [-0.39, 0.29) is 43.6 Å². The summed E-state index contributed by atoms with van der Waals surface area (Å²) in [5.74, 6) is -1.22. The van der Waals surface area contributed by atoms with Crippen LogP contribution in [0.3, 0.4) is 0 Å². The smallest absolute Gasteiger partial charge is 0.416 e. The first-order chi connectivity index (χ1) is 17.7. The second-order valence-corrected chi connectivity index (χ2v) is 8.37. The van der Waals surface area contributed by atoms with Gasteiger partial charge in [-0.05, 0) is 35.4 Å². The quantitative estimate of drug-likeness (QED) is 0.274. The Morgan fingerprint density at radius 1 is 0.892 bits per heavy atom. The molecule has 4 aromatic rings. The van der Waals surface area contributed by atoms with Gasteiger partial charge in [0, 0.05) is 25.2 Å². The number of hydrogen-bond donors (Lipinski definition) is 1. The van der Waals surface area contributed by atoms with Gasteiger partial charge in [-0.25, -0.2) is 13.8 Å². The average Bonchev–Trinajstić information content (AvgIpc) is 3.33. The molecule has 3 aromatic carbocycles. The second-order valence-electron chi connectivity index (χ2n) is 8.37. The number of nitrogens with one attached hydrogen (secondary N) is 1. The number of carbonyl (C=O) groups excluding carboxylic acids is 1. The number of benzene rings is 3. The van der Waals surface area contributed by atoms with Crippen LogP contribution in [0, 0.1) is 11.6 Å². The predicted molar refractivity (Wildman–Crippen MR) is 125 cm³/mol. The van der Waals surface area contributed by atoms with E-state index in [0.29, 0.717) is 16.7 Å². The summed E-state index contributed by atoms with van der Waals surface area (Å²) in [5.41, 5.74) is 0.623. The van der Waals surface area contributed by atoms with Crippen LogP contribution in [0.5, 0.6) is 0 Å². The Kier molecular flexibility index (Phi) is 7.98. The normalized spacial score (nSPS) is 11.6. The van der Waals surface area contributed by atoms with Crippen LogP contribution >= 0.6 is 0 Å². The van der Waals surface area contributed by atoms with E-state index in [2.05, 4.69) is 10.3 Å². The van der Waals surface area contributed by atoms with Gasteiger partial charge in [0.1, 0.15) is 17.9 Å². The molecule has 10 heteroatoms. The maximum absolute atomic E-state index is 14.3. The summed E-state index contributed by atoms with van der Waals surface area (Å²) < 4.78 is 72.3. The molecule has 0 unspecified atom stereocenters. The van der Waals surface area contributed by atoms with Crippen LogP contribution in [-0.4, -0.2) is 15.8 Å². The molecule has 0 bridgehead atoms. The van der Waals surface area contributed by atoms with Gasteiger partial charge < -0.3 is 9.73 Å². The lowest BCUT2D eigenvalue weighted by atomic mass is 10.1. The largest absolute Gasteiger partial charge is 0.447 e. The summed E-state index contributed by atoms with van der Waals surface area (Å²) in [5, 5.41) is 2.66. The SMILES string of the molecule is O=C(NCc1ccc(F)cc1)c1coc(CN(Cc2cccc(C(F)(F)F)c2)Cc2ccccc2F)n1. The number of hydrogen-bond acceptors (Lipinski definition) is 4. The van der Waals surface area contributed by atoms with Crippen molar-refractivity contribution >= 4 is 5.91 Å². The van der Waals surface area contributed by atoms with E-state index < -0.39 is 23.5 Å². The molecule has 0 aliphatic heterocycles. The number of nitrogens with zero attached hydrogens (tertiary/aromatic N) is 2. The lowest BCUT2D eigenvalue weighted by molar-refractivity contribution is -0.137. The number of halogens is 5. The van der Waals surface area contributed by atoms with Crippen molar-refractivity contribution in [1.82, 2.24) is 15.2 Å². The Morgan fingerprint density at radius 3 is 2.38 bits per heavy atom. The number of rotatable bonds is 9. The van der Waals surface area contributed by atoms with Gasteiger partial charge in [-0.2, -0.15) is 13.2 Å². The highest BCUT2D eigenvalue weighted by Crippen LogP contribution is 2.30. The van der Waals surface area contributed by atoms with Gasteiger partial charge in [0.2, 0.25) is 5.89 Å². The fourth-order valence-corrected chi connectivity index (χ4v) is 3.69. The monoisotopic (exact) mass is 515 g/mol. The maximum atomic E-state index is 14.3. The van der Waals surface area contributed by atoms with Crippen molar-refractivity contribution in [3.05, 3.63) is 125 Å². The number of oxazole rings is 1. The molecule has 37 heavy (non-hydrogen) atoms. The Morgan fingerprint density at radius 2 is 1.65 bits per heavy atom. The highest BCUT2D eigenvalue weighted by Gasteiger charge is 2.30. The first-order valence-corrected chi connectivity index (χ1v) is 11.3. The van der Waals surface area contributed by atoms with Crippen LogP contribution in [0.15, 0.2) is 83.5 Å². The summed E-state index contributed by atoms with van der Waals surface area (Å²) in [6.45, 7) is 0.274. The molecule has 0 atom stereocenters. The van der Waals surface area contributed by atoms with E-state index >= 15 is 0 Å². The highest BCUT2D eigenvalue weighted by atomic mass is 19.4. The summed E-state index contributed by atoms with van der Waals surface area (Å²) in [6.07, 6.45) is -3.33. The van der Waals surface area contributed by atoms with Gasteiger partial charge in [0.15, 0.2) is 5.69 Å². The molecule has 5 nitrogen and oxygen atoms in total. The third-order valence-electron chi connectivity index (χ3n) is 5.52. The van der Waals surface area contributed by atoms with Crippen molar-refractivity contribution < 1.29 is 31.2 Å². The standard InChI is InChI=1S/C27H22F5N3O2/c28-22-10-8-18(9-11-22)13-33-26(36)24-17-37-25(34-24)16-35(15-20-5-1-2-7-23(20)29)14-19-4-3-6-21(12-19)27(30,31)32/h1-12,17H,13-16H2,(H,33,36). The van der Waals surface area contributed by atoms with Crippen LogP contribution in [0.2, 0.25) is 0 Å². The molecule has 0 aliphatic rings. The third-order valence-corrected chi connectivity index (χ3v) is 5.52. The molecular formula is C27H22F5N3O2. The van der Waals surface area contributed by atoms with E-state index in [0.717, 1.165) is 12.1 Å². The van der Waals surface area contributed by atoms with E-state index in [1.165, 1.54) is 42.7 Å². The lowest BCUT2D eigenvalue weighted by Gasteiger charge is -2.22. The van der Waals surface area contributed by atoms with Crippen molar-refractivity contribution in [2.45, 2.75) is 32.4 Å². The van der Waals surface area contributed by atoms with Crippen LogP contribution < -0.4 is 5.32 Å². The van der Waals surface area contributed by atoms with E-state index in [9.17, 15) is 26.7 Å². The molecule has 0 saturated carbocycles. The van der Waals surface area contributed by atoms with Gasteiger partial charge in [0.25, 0.3) is 5.91 Å². The Balaban J connectivity index is 1.48. The molecule has 1 amide bonds. The first-order valence-electron chi connectivity index (χ1n) is 11.3. The summed E-state index contributed by atoms with van der Waals surface area (Å²) in [7, 11) is 0. The van der Waals surface area contributed by atoms with Gasteiger partial charge in [-0.3, -0.25) is 9.69 Å². The molecule has 1 aromatic heterocycles. The zero-order valence-corrected chi connectivity index (χ0v) is 19.4. The van der Waals surface area contributed by atoms with Crippen LogP contribution in [0.4, 0.5) is 22.0 Å². The second kappa shape index (κ2) is 11.3. The predicted octanol–water partition coefficient (Wildman–Crippen LogP) is 6.10. The van der Waals surface area contributed by atoms with Crippen LogP contribution in [0.25, 0.3) is 0 Å². The van der Waals surface area contributed by atoms with E-state index in [4.69, 9.17) is 4.42 Å². The number of carbonyl (C=O) groups is 1. The number of aromatic nitrogens is 1. The van der Waals surface area contributed by atoms with Crippen LogP contribution in [-0.2, 0) is 32.4 Å². The minimum absolute atomic E-state index is 0.00187. The first kappa shape index (κ1) is 26.0. The Bertz CT molecular complexity index is 1350. The molecule has 1 N–H and O–H groups in total. The molecule has 0 spiro atoms. The summed E-state index contributed by atoms with van der Waals surface area (Å²) in [6, 6.07) is 16.6. The zero-order valence-electron chi connectivity index (χ0n) is 19.4. The van der Waals surface area contributed by atoms with Crippen molar-refractivity contribution in [2.75, 3.05) is 0 Å². The third kappa shape index (κ3) is 7.23. The maximum Gasteiger partial charge on any atom is 0.416 e. The topological polar surface area (TPSA) is 58.4 Å². The average molecular weight is 515 g/mol.